The predicted molar refractivity (Wildman–Crippen MR) is 143 cm³/mol. The minimum atomic E-state index is -4.44. The molecule has 0 spiro atoms. The van der Waals surface area contributed by atoms with Crippen molar-refractivity contribution in [1.82, 2.24) is 9.80 Å². The van der Waals surface area contributed by atoms with Crippen molar-refractivity contribution in [3.05, 3.63) is 71.0 Å². The molecule has 0 radical (unpaired) electrons. The Balaban J connectivity index is 1.30. The Hall–Kier alpha value is -3.28. The van der Waals surface area contributed by atoms with E-state index in [-0.39, 0.29) is 31.0 Å². The number of nitrogens with zero attached hydrogens (tertiary/aromatic N) is 2. The van der Waals surface area contributed by atoms with E-state index in [0.29, 0.717) is 57.7 Å². The van der Waals surface area contributed by atoms with E-state index < -0.39 is 23.9 Å². The molecule has 1 amide bonds. The topological polar surface area (TPSA) is 80.7 Å². The Kier molecular flexibility index (Phi) is 9.06. The Bertz CT molecular complexity index is 1230. The fourth-order valence-electron chi connectivity index (χ4n) is 5.59. The molecule has 41 heavy (non-hydrogen) atoms. The first kappa shape index (κ1) is 29.2. The minimum Gasteiger partial charge on any atom is -0.459 e. The lowest BCUT2D eigenvalue weighted by molar-refractivity contribution is -0.171. The lowest BCUT2D eigenvalue weighted by Crippen LogP contribution is -2.49. The van der Waals surface area contributed by atoms with Gasteiger partial charge in [-0.1, -0.05) is 18.2 Å². The Morgan fingerprint density at radius 3 is 2.46 bits per heavy atom. The van der Waals surface area contributed by atoms with Crippen molar-refractivity contribution in [2.45, 2.75) is 44.7 Å². The number of aliphatic hydroxyl groups is 1. The fourth-order valence-corrected chi connectivity index (χ4v) is 5.59. The van der Waals surface area contributed by atoms with Crippen LogP contribution in [0.3, 0.4) is 0 Å². The summed E-state index contributed by atoms with van der Waals surface area (Å²) in [5.41, 5.74) is 0.994. The zero-order valence-electron chi connectivity index (χ0n) is 22.9. The summed E-state index contributed by atoms with van der Waals surface area (Å²) in [7, 11) is 0. The maximum Gasteiger partial charge on any atom is 0.416 e. The van der Waals surface area contributed by atoms with E-state index in [1.807, 2.05) is 25.1 Å². The molecule has 0 saturated carbocycles. The number of amides is 1. The van der Waals surface area contributed by atoms with Crippen LogP contribution < -0.4 is 9.47 Å². The summed E-state index contributed by atoms with van der Waals surface area (Å²) in [4.78, 5) is 17.6. The van der Waals surface area contributed by atoms with Gasteiger partial charge in [0.25, 0.3) is 5.91 Å². The number of alkyl halides is 3. The second-order valence-electron chi connectivity index (χ2n) is 10.4. The molecule has 3 aliphatic rings. The van der Waals surface area contributed by atoms with E-state index >= 15 is 0 Å². The third kappa shape index (κ3) is 6.79. The molecule has 11 heteroatoms. The van der Waals surface area contributed by atoms with Gasteiger partial charge in [-0.25, -0.2) is 0 Å². The van der Waals surface area contributed by atoms with Crippen LogP contribution in [0.4, 0.5) is 13.2 Å². The quantitative estimate of drug-likeness (QED) is 0.470. The average Bonchev–Trinajstić information content (AvgIpc) is 3.44. The molecule has 0 aromatic heterocycles. The third-order valence-corrected chi connectivity index (χ3v) is 7.75. The lowest BCUT2D eigenvalue weighted by Gasteiger charge is -2.39. The van der Waals surface area contributed by atoms with Crippen LogP contribution in [-0.4, -0.2) is 73.3 Å². The third-order valence-electron chi connectivity index (χ3n) is 7.75. The monoisotopic (exact) mass is 576 g/mol. The van der Waals surface area contributed by atoms with Crippen LogP contribution in [0.15, 0.2) is 54.3 Å². The number of rotatable bonds is 9. The average molecular weight is 577 g/mol. The van der Waals surface area contributed by atoms with Crippen molar-refractivity contribution in [1.29, 1.82) is 0 Å². The molecule has 0 aliphatic carbocycles. The van der Waals surface area contributed by atoms with Crippen LogP contribution >= 0.6 is 0 Å². The molecule has 0 bridgehead atoms. The van der Waals surface area contributed by atoms with Crippen LogP contribution in [0.5, 0.6) is 11.5 Å². The van der Waals surface area contributed by atoms with Crippen molar-refractivity contribution in [3.8, 4) is 11.5 Å². The van der Waals surface area contributed by atoms with Gasteiger partial charge in [0, 0.05) is 57.8 Å². The van der Waals surface area contributed by atoms with E-state index in [9.17, 15) is 23.1 Å². The predicted octanol–water partition coefficient (Wildman–Crippen LogP) is 4.53. The minimum absolute atomic E-state index is 0.0406. The summed E-state index contributed by atoms with van der Waals surface area (Å²) in [6, 6.07) is 10.9. The first-order valence-electron chi connectivity index (χ1n) is 13.9. The molecule has 3 aliphatic heterocycles. The molecule has 3 heterocycles. The van der Waals surface area contributed by atoms with Crippen LogP contribution in [0.2, 0.25) is 0 Å². The smallest absolute Gasteiger partial charge is 0.416 e. The van der Waals surface area contributed by atoms with Gasteiger partial charge in [-0.15, -0.1) is 0 Å². The Morgan fingerprint density at radius 1 is 1.05 bits per heavy atom. The molecule has 1 N–H and O–H groups in total. The summed E-state index contributed by atoms with van der Waals surface area (Å²) >= 11 is 0. The SMILES string of the molecule is CCO[C@H]1OC(C(=O)N2CCN(Cc3ccc4c(c3)OCO4)CC2)=C[C@@H](c2ccc(C(F)(F)F)cc2)[C@@H]1CCCO. The van der Waals surface area contributed by atoms with E-state index in [4.69, 9.17) is 18.9 Å². The second-order valence-corrected chi connectivity index (χ2v) is 10.4. The highest BCUT2D eigenvalue weighted by atomic mass is 19.4. The fraction of sp³-hybridized carbons (Fsp3) is 0.500. The first-order valence-corrected chi connectivity index (χ1v) is 13.9. The lowest BCUT2D eigenvalue weighted by atomic mass is 9.80. The van der Waals surface area contributed by atoms with E-state index in [2.05, 4.69) is 4.90 Å². The number of aliphatic hydroxyl groups excluding tert-OH is 1. The number of carbonyl (C=O) groups is 1. The zero-order valence-corrected chi connectivity index (χ0v) is 22.9. The molecule has 3 atom stereocenters. The van der Waals surface area contributed by atoms with Gasteiger partial charge >= 0.3 is 6.18 Å². The highest BCUT2D eigenvalue weighted by molar-refractivity contribution is 5.92. The molecule has 1 fully saturated rings. The molecule has 2 aromatic rings. The van der Waals surface area contributed by atoms with Crippen molar-refractivity contribution in [3.63, 3.8) is 0 Å². The van der Waals surface area contributed by atoms with Crippen LogP contribution in [0, 0.1) is 5.92 Å². The number of allylic oxidation sites excluding steroid dienone is 1. The van der Waals surface area contributed by atoms with Gasteiger partial charge in [-0.2, -0.15) is 13.2 Å². The molecule has 222 valence electrons. The number of fused-ring (bicyclic) bond motifs is 1. The molecule has 1 saturated heterocycles. The number of benzene rings is 2. The van der Waals surface area contributed by atoms with Gasteiger partial charge in [0.15, 0.2) is 17.3 Å². The number of carbonyl (C=O) groups excluding carboxylic acids is 1. The highest BCUT2D eigenvalue weighted by Gasteiger charge is 2.39. The summed E-state index contributed by atoms with van der Waals surface area (Å²) in [6.07, 6.45) is -2.52. The van der Waals surface area contributed by atoms with Gasteiger partial charge in [-0.3, -0.25) is 9.69 Å². The summed E-state index contributed by atoms with van der Waals surface area (Å²) in [5.74, 6) is 0.645. The second kappa shape index (κ2) is 12.7. The standard InChI is InChI=1S/C30H35F3N2O6/c1-2-38-29-23(4-3-15-36)24(21-6-8-22(9-7-21)30(31,32)33)17-27(41-29)28(37)35-13-11-34(12-14-35)18-20-5-10-25-26(16-20)40-19-39-25/h5-10,16-17,23-24,29,36H,2-4,11-15,18-19H2,1H3/t23-,24-,29-/m0/s1. The number of piperazine rings is 1. The van der Waals surface area contributed by atoms with E-state index in [0.717, 1.165) is 29.2 Å². The largest absolute Gasteiger partial charge is 0.459 e. The number of ether oxygens (including phenoxy) is 4. The zero-order chi connectivity index (χ0) is 29.0. The summed E-state index contributed by atoms with van der Waals surface area (Å²) in [6.45, 7) is 5.40. The van der Waals surface area contributed by atoms with Crippen molar-refractivity contribution in [2.75, 3.05) is 46.2 Å². The Labute approximate surface area is 237 Å². The van der Waals surface area contributed by atoms with Crippen LogP contribution in [-0.2, 0) is 27.0 Å². The first-order chi connectivity index (χ1) is 19.8. The van der Waals surface area contributed by atoms with E-state index in [1.165, 1.54) is 12.1 Å². The van der Waals surface area contributed by atoms with Crippen molar-refractivity contribution < 1.29 is 42.0 Å². The van der Waals surface area contributed by atoms with Gasteiger partial charge < -0.3 is 29.0 Å². The molecule has 5 rings (SSSR count). The van der Waals surface area contributed by atoms with Crippen molar-refractivity contribution >= 4 is 5.91 Å². The number of halogens is 3. The summed E-state index contributed by atoms with van der Waals surface area (Å²) in [5, 5.41) is 9.46. The van der Waals surface area contributed by atoms with Gasteiger partial charge in [0.1, 0.15) is 0 Å². The molecular formula is C30H35F3N2O6. The normalized spacial score (nSPS) is 22.8. The molecular weight excluding hydrogens is 541 g/mol. The number of hydrogen-bond donors (Lipinski definition) is 1. The van der Waals surface area contributed by atoms with Crippen LogP contribution in [0.1, 0.15) is 42.4 Å². The van der Waals surface area contributed by atoms with E-state index in [1.54, 1.807) is 11.0 Å². The maximum atomic E-state index is 13.6. The van der Waals surface area contributed by atoms with Gasteiger partial charge in [0.05, 0.1) is 5.56 Å². The van der Waals surface area contributed by atoms with Gasteiger partial charge in [0.2, 0.25) is 13.1 Å². The van der Waals surface area contributed by atoms with Gasteiger partial charge in [-0.05, 0) is 61.2 Å². The number of hydrogen-bond acceptors (Lipinski definition) is 7. The molecule has 0 unspecified atom stereocenters. The van der Waals surface area contributed by atoms with Crippen molar-refractivity contribution in [2.24, 2.45) is 5.92 Å². The summed E-state index contributed by atoms with van der Waals surface area (Å²) < 4.78 is 62.4. The molecule has 8 nitrogen and oxygen atoms in total. The highest BCUT2D eigenvalue weighted by Crippen LogP contribution is 2.41. The maximum absolute atomic E-state index is 13.6. The Morgan fingerprint density at radius 2 is 1.78 bits per heavy atom. The molecule has 2 aromatic carbocycles. The van der Waals surface area contributed by atoms with Crippen LogP contribution in [0.25, 0.3) is 0 Å².